The summed E-state index contributed by atoms with van der Waals surface area (Å²) in [6, 6.07) is 16.7. The Hall–Kier alpha value is -2.13. The van der Waals surface area contributed by atoms with Crippen molar-refractivity contribution in [1.29, 1.82) is 0 Å². The van der Waals surface area contributed by atoms with Gasteiger partial charge in [0.15, 0.2) is 0 Å². The predicted molar refractivity (Wildman–Crippen MR) is 94.6 cm³/mol. The molecule has 2 aromatic carbocycles. The minimum Gasteiger partial charge on any atom is -0.326 e. The Morgan fingerprint density at radius 2 is 1.91 bits per heavy atom. The second-order valence-corrected chi connectivity index (χ2v) is 6.25. The maximum absolute atomic E-state index is 12.5. The van der Waals surface area contributed by atoms with Crippen LogP contribution >= 0.6 is 0 Å². The lowest BCUT2D eigenvalue weighted by atomic mass is 9.91. The molecule has 2 aromatic rings. The van der Waals surface area contributed by atoms with E-state index in [2.05, 4.69) is 60.6 Å². The Balaban J connectivity index is 1.69. The number of nitrogens with zero attached hydrogens (tertiary/aromatic N) is 1. The summed E-state index contributed by atoms with van der Waals surface area (Å²) in [6.45, 7) is 3.13. The van der Waals surface area contributed by atoms with E-state index >= 15 is 0 Å². The van der Waals surface area contributed by atoms with Gasteiger partial charge < -0.3 is 5.32 Å². The van der Waals surface area contributed by atoms with Crippen LogP contribution in [0.3, 0.4) is 0 Å². The predicted octanol–water partition coefficient (Wildman–Crippen LogP) is 3.81. The van der Waals surface area contributed by atoms with Gasteiger partial charge in [-0.1, -0.05) is 43.3 Å². The first-order chi connectivity index (χ1) is 11.2. The minimum absolute atomic E-state index is 0.0720. The average molecular weight is 308 g/mol. The molecule has 1 heterocycles. The Morgan fingerprint density at radius 3 is 2.65 bits per heavy atom. The first-order valence-electron chi connectivity index (χ1n) is 8.34. The molecule has 1 aliphatic rings. The number of nitrogens with one attached hydrogen (secondary N) is 1. The number of hydrogen-bond acceptors (Lipinski definition) is 2. The van der Waals surface area contributed by atoms with Gasteiger partial charge in [0.05, 0.1) is 0 Å². The molecule has 0 radical (unpaired) electrons. The fourth-order valence-corrected chi connectivity index (χ4v) is 3.25. The van der Waals surface area contributed by atoms with Crippen LogP contribution in [0.2, 0.25) is 0 Å². The maximum Gasteiger partial charge on any atom is 0.226 e. The van der Waals surface area contributed by atoms with Crippen LogP contribution in [0.5, 0.6) is 0 Å². The second-order valence-electron chi connectivity index (χ2n) is 6.25. The summed E-state index contributed by atoms with van der Waals surface area (Å²) in [7, 11) is 2.10. The number of aryl methyl sites for hydroxylation is 1. The van der Waals surface area contributed by atoms with Crippen LogP contribution in [0.25, 0.3) is 0 Å². The Kier molecular flexibility index (Phi) is 4.77. The molecule has 1 unspecified atom stereocenters. The lowest BCUT2D eigenvalue weighted by molar-refractivity contribution is -0.117. The molecule has 0 spiro atoms. The Labute approximate surface area is 138 Å². The van der Waals surface area contributed by atoms with Gasteiger partial charge in [-0.3, -0.25) is 9.69 Å². The average Bonchev–Trinajstić information content (AvgIpc) is 2.58. The van der Waals surface area contributed by atoms with Crippen molar-refractivity contribution in [2.45, 2.75) is 32.2 Å². The van der Waals surface area contributed by atoms with Gasteiger partial charge in [0, 0.05) is 24.7 Å². The van der Waals surface area contributed by atoms with Crippen LogP contribution in [-0.2, 0) is 17.6 Å². The van der Waals surface area contributed by atoms with Gasteiger partial charge in [0.1, 0.15) is 0 Å². The molecule has 3 heteroatoms. The van der Waals surface area contributed by atoms with Crippen LogP contribution in [0.1, 0.15) is 36.1 Å². The second kappa shape index (κ2) is 6.97. The highest BCUT2D eigenvalue weighted by molar-refractivity contribution is 5.91. The van der Waals surface area contributed by atoms with Gasteiger partial charge in [0.2, 0.25) is 5.91 Å². The topological polar surface area (TPSA) is 32.3 Å². The van der Waals surface area contributed by atoms with Crippen LogP contribution in [0, 0.1) is 0 Å². The molecule has 1 atom stereocenters. The van der Waals surface area contributed by atoms with Crippen molar-refractivity contribution < 1.29 is 4.79 Å². The van der Waals surface area contributed by atoms with Gasteiger partial charge in [-0.15, -0.1) is 0 Å². The Bertz CT molecular complexity index is 678. The monoisotopic (exact) mass is 308 g/mol. The number of anilines is 1. The quantitative estimate of drug-likeness (QED) is 0.931. The highest BCUT2D eigenvalue weighted by Crippen LogP contribution is 2.31. The molecule has 1 N–H and O–H groups in total. The van der Waals surface area contributed by atoms with Crippen LogP contribution < -0.4 is 5.32 Å². The lowest BCUT2D eigenvalue weighted by Crippen LogP contribution is -2.34. The number of rotatable bonds is 4. The molecule has 23 heavy (non-hydrogen) atoms. The molecular weight excluding hydrogens is 284 g/mol. The molecule has 0 bridgehead atoms. The van der Waals surface area contributed by atoms with Crippen molar-refractivity contribution in [3.05, 3.63) is 65.2 Å². The van der Waals surface area contributed by atoms with Gasteiger partial charge >= 0.3 is 0 Å². The van der Waals surface area contributed by atoms with Crippen molar-refractivity contribution in [1.82, 2.24) is 4.90 Å². The number of amides is 1. The van der Waals surface area contributed by atoms with Gasteiger partial charge in [-0.05, 0) is 48.7 Å². The van der Waals surface area contributed by atoms with Crippen LogP contribution in [0.15, 0.2) is 48.5 Å². The molecule has 0 saturated heterocycles. The lowest BCUT2D eigenvalue weighted by Gasteiger charge is -2.34. The minimum atomic E-state index is 0.0720. The zero-order chi connectivity index (χ0) is 16.2. The summed E-state index contributed by atoms with van der Waals surface area (Å²) in [5.74, 6) is 0.0720. The summed E-state index contributed by atoms with van der Waals surface area (Å²) >= 11 is 0. The largest absolute Gasteiger partial charge is 0.326 e. The van der Waals surface area contributed by atoms with Crippen molar-refractivity contribution >= 4 is 11.6 Å². The van der Waals surface area contributed by atoms with Gasteiger partial charge in [0.25, 0.3) is 0 Å². The van der Waals surface area contributed by atoms with E-state index in [0.717, 1.165) is 25.1 Å². The summed E-state index contributed by atoms with van der Waals surface area (Å²) in [4.78, 5) is 14.7. The molecule has 0 aromatic heterocycles. The number of carbonyl (C=O) groups excluding carboxylic acids is 1. The van der Waals surface area contributed by atoms with E-state index in [1.165, 1.54) is 16.7 Å². The van der Waals surface area contributed by atoms with E-state index in [-0.39, 0.29) is 11.9 Å². The molecule has 3 rings (SSSR count). The van der Waals surface area contributed by atoms with E-state index in [4.69, 9.17) is 0 Å². The normalized spacial score (nSPS) is 17.6. The molecule has 3 nitrogen and oxygen atoms in total. The van der Waals surface area contributed by atoms with Crippen LogP contribution in [0.4, 0.5) is 5.69 Å². The smallest absolute Gasteiger partial charge is 0.226 e. The zero-order valence-corrected chi connectivity index (χ0v) is 13.9. The Morgan fingerprint density at radius 1 is 1.17 bits per heavy atom. The van der Waals surface area contributed by atoms with Crippen LogP contribution in [-0.4, -0.2) is 24.4 Å². The van der Waals surface area contributed by atoms with E-state index in [0.29, 0.717) is 6.42 Å². The fraction of sp³-hybridized carbons (Fsp3) is 0.350. The van der Waals surface area contributed by atoms with E-state index in [1.54, 1.807) is 0 Å². The molecule has 1 aliphatic heterocycles. The maximum atomic E-state index is 12.5. The van der Waals surface area contributed by atoms with Crippen molar-refractivity contribution in [2.24, 2.45) is 0 Å². The molecular formula is C20H24N2O. The third-order valence-corrected chi connectivity index (χ3v) is 4.70. The van der Waals surface area contributed by atoms with Crippen molar-refractivity contribution in [2.75, 3.05) is 18.9 Å². The number of carbonyl (C=O) groups is 1. The zero-order valence-electron chi connectivity index (χ0n) is 13.9. The number of hydrogen-bond donors (Lipinski definition) is 1. The fourth-order valence-electron chi connectivity index (χ4n) is 3.25. The first kappa shape index (κ1) is 15.8. The van der Waals surface area contributed by atoms with E-state index in [9.17, 15) is 4.79 Å². The molecule has 1 amide bonds. The third kappa shape index (κ3) is 3.62. The van der Waals surface area contributed by atoms with E-state index in [1.807, 2.05) is 12.1 Å². The molecule has 0 saturated carbocycles. The highest BCUT2D eigenvalue weighted by atomic mass is 16.1. The number of fused-ring (bicyclic) bond motifs is 1. The van der Waals surface area contributed by atoms with Gasteiger partial charge in [-0.25, -0.2) is 0 Å². The number of benzene rings is 2. The SMILES string of the molecule is CCc1ccc(NC(=O)CC2c3ccccc3CCN2C)cc1. The molecule has 0 aliphatic carbocycles. The van der Waals surface area contributed by atoms with Crippen molar-refractivity contribution in [3.63, 3.8) is 0 Å². The standard InChI is InChI=1S/C20H24N2O/c1-3-15-8-10-17(11-9-15)21-20(23)14-19-18-7-5-4-6-16(18)12-13-22(19)2/h4-11,19H,3,12-14H2,1-2H3,(H,21,23). The first-order valence-corrected chi connectivity index (χ1v) is 8.34. The summed E-state index contributed by atoms with van der Waals surface area (Å²) in [5, 5.41) is 3.03. The third-order valence-electron chi connectivity index (χ3n) is 4.70. The van der Waals surface area contributed by atoms with E-state index < -0.39 is 0 Å². The highest BCUT2D eigenvalue weighted by Gasteiger charge is 2.26. The van der Waals surface area contributed by atoms with Gasteiger partial charge in [-0.2, -0.15) is 0 Å². The summed E-state index contributed by atoms with van der Waals surface area (Å²) in [6.07, 6.45) is 2.56. The molecule has 0 fully saturated rings. The van der Waals surface area contributed by atoms with Crippen molar-refractivity contribution in [3.8, 4) is 0 Å². The number of likely N-dealkylation sites (N-methyl/N-ethyl adjacent to an activating group) is 1. The summed E-state index contributed by atoms with van der Waals surface area (Å²) < 4.78 is 0. The summed E-state index contributed by atoms with van der Waals surface area (Å²) in [5.41, 5.74) is 4.82. The molecule has 120 valence electrons.